The van der Waals surface area contributed by atoms with E-state index in [2.05, 4.69) is 10.6 Å². The highest BCUT2D eigenvalue weighted by Gasteiger charge is 2.09. The summed E-state index contributed by atoms with van der Waals surface area (Å²) in [7, 11) is 0. The molecule has 0 spiro atoms. The molecule has 0 saturated carbocycles. The summed E-state index contributed by atoms with van der Waals surface area (Å²) in [5.41, 5.74) is 0.248. The summed E-state index contributed by atoms with van der Waals surface area (Å²) in [5.74, 6) is -1.90. The van der Waals surface area contributed by atoms with Crippen LogP contribution in [0.15, 0.2) is 36.4 Å². The number of nitrogens with one attached hydrogen (secondary N) is 2. The molecule has 0 aliphatic heterocycles. The SMILES string of the molecule is O=C(CNc1cccc(Cl)c1Cl)Nc1cc(F)ccc1F. The molecule has 2 aromatic carbocycles. The molecule has 3 nitrogen and oxygen atoms in total. The third kappa shape index (κ3) is 4.06. The molecule has 0 saturated heterocycles. The smallest absolute Gasteiger partial charge is 0.243 e. The maximum atomic E-state index is 13.4. The van der Waals surface area contributed by atoms with Gasteiger partial charge in [0.1, 0.15) is 11.6 Å². The number of hydrogen-bond acceptors (Lipinski definition) is 2. The number of amides is 1. The van der Waals surface area contributed by atoms with E-state index >= 15 is 0 Å². The number of halogens is 4. The largest absolute Gasteiger partial charge is 0.375 e. The van der Waals surface area contributed by atoms with Crippen LogP contribution in [0.4, 0.5) is 20.2 Å². The van der Waals surface area contributed by atoms with Crippen molar-refractivity contribution in [3.63, 3.8) is 0 Å². The van der Waals surface area contributed by atoms with Crippen molar-refractivity contribution in [3.05, 3.63) is 58.1 Å². The molecule has 7 heteroatoms. The zero-order valence-corrected chi connectivity index (χ0v) is 12.1. The summed E-state index contributed by atoms with van der Waals surface area (Å²) in [6.07, 6.45) is 0. The van der Waals surface area contributed by atoms with Crippen LogP contribution in [-0.2, 0) is 4.79 Å². The molecule has 0 atom stereocenters. The Balaban J connectivity index is 1.99. The molecule has 0 aromatic heterocycles. The van der Waals surface area contributed by atoms with E-state index in [1.54, 1.807) is 18.2 Å². The Morgan fingerprint density at radius 3 is 2.62 bits per heavy atom. The lowest BCUT2D eigenvalue weighted by Gasteiger charge is -2.10. The molecule has 2 aromatic rings. The normalized spacial score (nSPS) is 10.3. The Hall–Kier alpha value is -1.85. The van der Waals surface area contributed by atoms with Gasteiger partial charge in [0.25, 0.3) is 0 Å². The molecule has 0 fully saturated rings. The van der Waals surface area contributed by atoms with E-state index in [0.717, 1.165) is 18.2 Å². The first-order valence-corrected chi connectivity index (χ1v) is 6.66. The molecule has 0 bridgehead atoms. The lowest BCUT2D eigenvalue weighted by atomic mass is 10.3. The second-order valence-electron chi connectivity index (χ2n) is 4.13. The number of rotatable bonds is 4. The van der Waals surface area contributed by atoms with Gasteiger partial charge in [0.2, 0.25) is 5.91 Å². The first-order valence-electron chi connectivity index (χ1n) is 5.90. The molecular formula is C14H10Cl2F2N2O. The molecule has 0 radical (unpaired) electrons. The second-order valence-corrected chi connectivity index (χ2v) is 4.91. The first-order chi connectivity index (χ1) is 9.97. The average Bonchev–Trinajstić information content (AvgIpc) is 2.44. The van der Waals surface area contributed by atoms with E-state index < -0.39 is 17.5 Å². The van der Waals surface area contributed by atoms with E-state index in [1.807, 2.05) is 0 Å². The Morgan fingerprint density at radius 1 is 1.10 bits per heavy atom. The van der Waals surface area contributed by atoms with Crippen molar-refractivity contribution < 1.29 is 13.6 Å². The van der Waals surface area contributed by atoms with Crippen LogP contribution in [0.1, 0.15) is 0 Å². The van der Waals surface area contributed by atoms with Crippen molar-refractivity contribution in [2.75, 3.05) is 17.2 Å². The Kier molecular flexibility index (Phi) is 4.98. The maximum absolute atomic E-state index is 13.4. The third-order valence-electron chi connectivity index (χ3n) is 2.59. The molecule has 1 amide bonds. The summed E-state index contributed by atoms with van der Waals surface area (Å²) >= 11 is 11.8. The van der Waals surface area contributed by atoms with E-state index in [1.165, 1.54) is 0 Å². The Bertz CT molecular complexity index is 680. The van der Waals surface area contributed by atoms with Crippen LogP contribution in [0, 0.1) is 11.6 Å². The zero-order chi connectivity index (χ0) is 15.4. The summed E-state index contributed by atoms with van der Waals surface area (Å²) in [5, 5.41) is 5.65. The van der Waals surface area contributed by atoms with Crippen LogP contribution in [0.3, 0.4) is 0 Å². The van der Waals surface area contributed by atoms with Gasteiger partial charge in [-0.3, -0.25) is 4.79 Å². The minimum Gasteiger partial charge on any atom is -0.375 e. The number of anilines is 2. The molecule has 2 rings (SSSR count). The number of carbonyl (C=O) groups excluding carboxylic acids is 1. The topological polar surface area (TPSA) is 41.1 Å². The van der Waals surface area contributed by atoms with Gasteiger partial charge in [-0.15, -0.1) is 0 Å². The van der Waals surface area contributed by atoms with E-state index in [9.17, 15) is 13.6 Å². The number of carbonyl (C=O) groups is 1. The third-order valence-corrected chi connectivity index (χ3v) is 3.41. The van der Waals surface area contributed by atoms with Gasteiger partial charge in [0.15, 0.2) is 0 Å². The highest BCUT2D eigenvalue weighted by atomic mass is 35.5. The van der Waals surface area contributed by atoms with E-state index in [-0.39, 0.29) is 17.3 Å². The van der Waals surface area contributed by atoms with Gasteiger partial charge in [0.05, 0.1) is 28.0 Å². The lowest BCUT2D eigenvalue weighted by Crippen LogP contribution is -2.22. The van der Waals surface area contributed by atoms with Crippen molar-refractivity contribution in [3.8, 4) is 0 Å². The van der Waals surface area contributed by atoms with E-state index in [0.29, 0.717) is 10.7 Å². The summed E-state index contributed by atoms with van der Waals surface area (Å²) in [4.78, 5) is 11.7. The van der Waals surface area contributed by atoms with Gasteiger partial charge < -0.3 is 10.6 Å². The fourth-order valence-electron chi connectivity index (χ4n) is 1.60. The molecule has 0 unspecified atom stereocenters. The van der Waals surface area contributed by atoms with Gasteiger partial charge in [-0.1, -0.05) is 29.3 Å². The van der Waals surface area contributed by atoms with Gasteiger partial charge in [-0.2, -0.15) is 0 Å². The average molecular weight is 331 g/mol. The van der Waals surface area contributed by atoms with E-state index in [4.69, 9.17) is 23.2 Å². The molecule has 0 aliphatic rings. The Morgan fingerprint density at radius 2 is 1.86 bits per heavy atom. The fourth-order valence-corrected chi connectivity index (χ4v) is 1.97. The highest BCUT2D eigenvalue weighted by molar-refractivity contribution is 6.43. The quantitative estimate of drug-likeness (QED) is 0.876. The molecule has 0 heterocycles. The minimum absolute atomic E-state index is 0.171. The maximum Gasteiger partial charge on any atom is 0.243 e. The van der Waals surface area contributed by atoms with Gasteiger partial charge >= 0.3 is 0 Å². The van der Waals surface area contributed by atoms with Gasteiger partial charge in [0, 0.05) is 6.07 Å². The summed E-state index contributed by atoms with van der Waals surface area (Å²) in [6.45, 7) is -0.171. The molecular weight excluding hydrogens is 321 g/mol. The van der Waals surface area contributed by atoms with Gasteiger partial charge in [-0.05, 0) is 24.3 Å². The van der Waals surface area contributed by atoms with Crippen LogP contribution in [0.5, 0.6) is 0 Å². The van der Waals surface area contributed by atoms with Crippen LogP contribution < -0.4 is 10.6 Å². The standard InChI is InChI=1S/C14H10Cl2F2N2O/c15-9-2-1-3-11(14(9)16)19-7-13(21)20-12-6-8(17)4-5-10(12)18/h1-6,19H,7H2,(H,20,21). The molecule has 2 N–H and O–H groups in total. The van der Waals surface area contributed by atoms with Crippen LogP contribution >= 0.6 is 23.2 Å². The number of benzene rings is 2. The number of hydrogen-bond donors (Lipinski definition) is 2. The monoisotopic (exact) mass is 330 g/mol. The van der Waals surface area contributed by atoms with Crippen molar-refractivity contribution >= 4 is 40.5 Å². The molecule has 21 heavy (non-hydrogen) atoms. The van der Waals surface area contributed by atoms with Crippen molar-refractivity contribution in [2.45, 2.75) is 0 Å². The fraction of sp³-hybridized carbons (Fsp3) is 0.0714. The summed E-state index contributed by atoms with van der Waals surface area (Å²) < 4.78 is 26.3. The Labute approximate surface area is 129 Å². The van der Waals surface area contributed by atoms with Crippen molar-refractivity contribution in [1.82, 2.24) is 0 Å². The van der Waals surface area contributed by atoms with Crippen LogP contribution in [0.2, 0.25) is 10.0 Å². The van der Waals surface area contributed by atoms with Crippen molar-refractivity contribution in [2.24, 2.45) is 0 Å². The van der Waals surface area contributed by atoms with Gasteiger partial charge in [-0.25, -0.2) is 8.78 Å². The second kappa shape index (κ2) is 6.74. The summed E-state index contributed by atoms with van der Waals surface area (Å²) in [6, 6.07) is 7.73. The molecule has 110 valence electrons. The van der Waals surface area contributed by atoms with Crippen molar-refractivity contribution in [1.29, 1.82) is 0 Å². The predicted octanol–water partition coefficient (Wildman–Crippen LogP) is 4.32. The zero-order valence-electron chi connectivity index (χ0n) is 10.6. The predicted molar refractivity (Wildman–Crippen MR) is 79.9 cm³/mol. The minimum atomic E-state index is -0.717. The van der Waals surface area contributed by atoms with Crippen LogP contribution in [-0.4, -0.2) is 12.5 Å². The first kappa shape index (κ1) is 15.5. The lowest BCUT2D eigenvalue weighted by molar-refractivity contribution is -0.114. The molecule has 0 aliphatic carbocycles. The highest BCUT2D eigenvalue weighted by Crippen LogP contribution is 2.29. The van der Waals surface area contributed by atoms with Crippen LogP contribution in [0.25, 0.3) is 0 Å².